The largest absolute Gasteiger partial charge is 0.378 e. The molecule has 0 radical (unpaired) electrons. The average Bonchev–Trinajstić information content (AvgIpc) is 2.95. The number of rotatable bonds is 4. The van der Waals surface area contributed by atoms with Crippen molar-refractivity contribution >= 4 is 28.4 Å². The van der Waals surface area contributed by atoms with Gasteiger partial charge in [-0.25, -0.2) is 9.98 Å². The summed E-state index contributed by atoms with van der Waals surface area (Å²) < 4.78 is 0. The molecule has 3 rings (SSSR count). The number of benzene rings is 2. The van der Waals surface area contributed by atoms with E-state index in [0.29, 0.717) is 0 Å². The van der Waals surface area contributed by atoms with Crippen molar-refractivity contribution in [3.05, 3.63) is 65.0 Å². The van der Waals surface area contributed by atoms with Crippen LogP contribution in [-0.4, -0.2) is 25.3 Å². The molecule has 0 spiro atoms. The molecular weight excluding hydrogens is 302 g/mol. The van der Waals surface area contributed by atoms with Gasteiger partial charge in [-0.2, -0.15) is 0 Å². The number of hydrogen-bond donors (Lipinski definition) is 0. The Hall–Kier alpha value is -2.46. The van der Waals surface area contributed by atoms with Gasteiger partial charge in [-0.15, -0.1) is 0 Å². The zero-order chi connectivity index (χ0) is 16.2. The van der Waals surface area contributed by atoms with Crippen LogP contribution in [0, 0.1) is 6.92 Å². The molecule has 4 heteroatoms. The van der Waals surface area contributed by atoms with Gasteiger partial charge in [-0.3, -0.25) is 0 Å². The highest BCUT2D eigenvalue weighted by Crippen LogP contribution is 2.31. The van der Waals surface area contributed by atoms with E-state index in [1.54, 1.807) is 11.3 Å². The van der Waals surface area contributed by atoms with Gasteiger partial charge in [0.25, 0.3) is 0 Å². The summed E-state index contributed by atoms with van der Waals surface area (Å²) in [6, 6.07) is 18.5. The maximum absolute atomic E-state index is 4.65. The van der Waals surface area contributed by atoms with Crippen molar-refractivity contribution in [3.8, 4) is 11.3 Å². The molecule has 3 nitrogen and oxygen atoms in total. The molecule has 1 aromatic heterocycles. The Morgan fingerprint density at radius 3 is 2.35 bits per heavy atom. The first-order valence-electron chi connectivity index (χ1n) is 7.48. The first kappa shape index (κ1) is 15.4. The fourth-order valence-electron chi connectivity index (χ4n) is 2.29. The van der Waals surface area contributed by atoms with Crippen molar-refractivity contribution in [2.45, 2.75) is 6.92 Å². The van der Waals surface area contributed by atoms with Crippen LogP contribution in [0.2, 0.25) is 0 Å². The lowest BCUT2D eigenvalue weighted by Crippen LogP contribution is -2.08. The molecule has 0 saturated carbocycles. The van der Waals surface area contributed by atoms with E-state index in [0.717, 1.165) is 22.0 Å². The van der Waals surface area contributed by atoms with Crippen molar-refractivity contribution in [2.75, 3.05) is 19.0 Å². The van der Waals surface area contributed by atoms with Gasteiger partial charge in [0.05, 0.1) is 5.69 Å². The molecule has 1 heterocycles. The Morgan fingerprint density at radius 2 is 1.70 bits per heavy atom. The Balaban J connectivity index is 1.80. The summed E-state index contributed by atoms with van der Waals surface area (Å²) in [4.78, 5) is 12.4. The Labute approximate surface area is 141 Å². The third-order valence-corrected chi connectivity index (χ3v) is 4.44. The predicted molar refractivity (Wildman–Crippen MR) is 100 cm³/mol. The van der Waals surface area contributed by atoms with Crippen molar-refractivity contribution in [1.82, 2.24) is 4.98 Å². The molecule has 2 aromatic carbocycles. The highest BCUT2D eigenvalue weighted by Gasteiger charge is 2.08. The predicted octanol–water partition coefficient (Wildman–Crippen LogP) is 4.94. The minimum absolute atomic E-state index is 0.790. The van der Waals surface area contributed by atoms with Crippen LogP contribution in [0.1, 0.15) is 10.4 Å². The highest BCUT2D eigenvalue weighted by atomic mass is 32.1. The van der Waals surface area contributed by atoms with E-state index in [2.05, 4.69) is 58.2 Å². The SMILES string of the molecule is Cc1sc(/N=C/c2ccc(N(C)C)cc2)nc1-c1ccccc1. The fraction of sp³-hybridized carbons (Fsp3) is 0.158. The minimum Gasteiger partial charge on any atom is -0.378 e. The van der Waals surface area contributed by atoms with Gasteiger partial charge in [0.2, 0.25) is 5.13 Å². The molecule has 0 saturated heterocycles. The topological polar surface area (TPSA) is 28.5 Å². The second-order valence-electron chi connectivity index (χ2n) is 5.51. The summed E-state index contributed by atoms with van der Waals surface area (Å²) in [7, 11) is 4.07. The Bertz CT molecular complexity index is 802. The van der Waals surface area contributed by atoms with Crippen molar-refractivity contribution < 1.29 is 0 Å². The highest BCUT2D eigenvalue weighted by molar-refractivity contribution is 7.15. The van der Waals surface area contributed by atoms with Gasteiger partial charge in [0, 0.05) is 36.4 Å². The first-order valence-corrected chi connectivity index (χ1v) is 8.29. The van der Waals surface area contributed by atoms with Gasteiger partial charge in [-0.1, -0.05) is 53.8 Å². The molecule has 116 valence electrons. The molecule has 0 atom stereocenters. The lowest BCUT2D eigenvalue weighted by molar-refractivity contribution is 1.13. The van der Waals surface area contributed by atoms with Crippen LogP contribution in [0.5, 0.6) is 0 Å². The lowest BCUT2D eigenvalue weighted by Gasteiger charge is -2.11. The molecule has 0 N–H and O–H groups in total. The van der Waals surface area contributed by atoms with Crippen LogP contribution < -0.4 is 4.90 Å². The summed E-state index contributed by atoms with van der Waals surface area (Å²) in [5.41, 5.74) is 4.41. The maximum Gasteiger partial charge on any atom is 0.209 e. The quantitative estimate of drug-likeness (QED) is 0.637. The summed E-state index contributed by atoms with van der Waals surface area (Å²) in [6.45, 7) is 2.09. The molecule has 3 aromatic rings. The molecule has 0 aliphatic heterocycles. The minimum atomic E-state index is 0.790. The third kappa shape index (κ3) is 3.66. The summed E-state index contributed by atoms with van der Waals surface area (Å²) in [5, 5.41) is 0.790. The fourth-order valence-corrected chi connectivity index (χ4v) is 3.07. The van der Waals surface area contributed by atoms with E-state index in [1.807, 2.05) is 38.5 Å². The smallest absolute Gasteiger partial charge is 0.209 e. The monoisotopic (exact) mass is 321 g/mol. The zero-order valence-electron chi connectivity index (χ0n) is 13.5. The van der Waals surface area contributed by atoms with Gasteiger partial charge in [0.1, 0.15) is 0 Å². The second-order valence-corrected chi connectivity index (χ2v) is 6.69. The summed E-state index contributed by atoms with van der Waals surface area (Å²) in [6.07, 6.45) is 1.87. The van der Waals surface area contributed by atoms with Crippen molar-refractivity contribution in [2.24, 2.45) is 4.99 Å². The zero-order valence-corrected chi connectivity index (χ0v) is 14.3. The lowest BCUT2D eigenvalue weighted by atomic mass is 10.1. The molecule has 0 unspecified atom stereocenters. The van der Waals surface area contributed by atoms with Crippen molar-refractivity contribution in [3.63, 3.8) is 0 Å². The van der Waals surface area contributed by atoms with Gasteiger partial charge in [-0.05, 0) is 24.6 Å². The van der Waals surface area contributed by atoms with Gasteiger partial charge >= 0.3 is 0 Å². The van der Waals surface area contributed by atoms with E-state index in [9.17, 15) is 0 Å². The molecule has 0 fully saturated rings. The molecule has 0 aliphatic rings. The molecule has 0 aliphatic carbocycles. The normalized spacial score (nSPS) is 11.1. The van der Waals surface area contributed by atoms with E-state index in [1.165, 1.54) is 10.6 Å². The molecule has 0 bridgehead atoms. The van der Waals surface area contributed by atoms with Crippen molar-refractivity contribution in [1.29, 1.82) is 0 Å². The summed E-state index contributed by atoms with van der Waals surface area (Å²) >= 11 is 1.62. The van der Waals surface area contributed by atoms with Crippen LogP contribution in [0.15, 0.2) is 59.6 Å². The van der Waals surface area contributed by atoms with Crippen LogP contribution in [0.4, 0.5) is 10.8 Å². The number of nitrogens with zero attached hydrogens (tertiary/aromatic N) is 3. The number of thiazole rings is 1. The molecule has 0 amide bonds. The number of aryl methyl sites for hydroxylation is 1. The summed E-state index contributed by atoms with van der Waals surface area (Å²) in [5.74, 6) is 0. The molecular formula is C19H19N3S. The first-order chi connectivity index (χ1) is 11.1. The van der Waals surface area contributed by atoms with E-state index >= 15 is 0 Å². The van der Waals surface area contributed by atoms with E-state index in [4.69, 9.17) is 0 Å². The van der Waals surface area contributed by atoms with Crippen LogP contribution in [0.3, 0.4) is 0 Å². The maximum atomic E-state index is 4.65. The number of aliphatic imine (C=N–C) groups is 1. The Morgan fingerprint density at radius 1 is 1.00 bits per heavy atom. The van der Waals surface area contributed by atoms with E-state index < -0.39 is 0 Å². The van der Waals surface area contributed by atoms with Crippen LogP contribution >= 0.6 is 11.3 Å². The van der Waals surface area contributed by atoms with Gasteiger partial charge < -0.3 is 4.90 Å². The number of hydrogen-bond acceptors (Lipinski definition) is 4. The Kier molecular flexibility index (Phi) is 4.53. The third-order valence-electron chi connectivity index (χ3n) is 3.57. The number of aromatic nitrogens is 1. The van der Waals surface area contributed by atoms with Crippen LogP contribution in [-0.2, 0) is 0 Å². The van der Waals surface area contributed by atoms with Gasteiger partial charge in [0.15, 0.2) is 0 Å². The molecule has 23 heavy (non-hydrogen) atoms. The van der Waals surface area contributed by atoms with E-state index in [-0.39, 0.29) is 0 Å². The van der Waals surface area contributed by atoms with Crippen LogP contribution in [0.25, 0.3) is 11.3 Å². The average molecular weight is 321 g/mol. The standard InChI is InChI=1S/C19H19N3S/c1-14-18(16-7-5-4-6-8-16)21-19(23-14)20-13-15-9-11-17(12-10-15)22(2)3/h4-13H,1-3H3/b20-13+. The number of anilines is 1. The second kappa shape index (κ2) is 6.75.